The van der Waals surface area contributed by atoms with Gasteiger partial charge in [0.05, 0.1) is 12.6 Å². The molecular weight excluding hydrogens is 180 g/mol. The van der Waals surface area contributed by atoms with E-state index in [9.17, 15) is 4.79 Å². The molecule has 0 fully saturated rings. The summed E-state index contributed by atoms with van der Waals surface area (Å²) in [5, 5.41) is 0. The van der Waals surface area contributed by atoms with Gasteiger partial charge in [-0.3, -0.25) is 4.79 Å². The number of nitrogens with two attached hydrogens (primary N) is 1. The minimum Gasteiger partial charge on any atom is -0.380 e. The second kappa shape index (κ2) is 5.12. The summed E-state index contributed by atoms with van der Waals surface area (Å²) in [4.78, 5) is 13.3. The van der Waals surface area contributed by atoms with Crippen LogP contribution in [0.1, 0.15) is 13.3 Å². The lowest BCUT2D eigenvalue weighted by atomic mass is 10.1. The van der Waals surface area contributed by atoms with Crippen LogP contribution >= 0.6 is 0 Å². The van der Waals surface area contributed by atoms with Crippen molar-refractivity contribution >= 4 is 5.91 Å². The van der Waals surface area contributed by atoms with E-state index in [0.29, 0.717) is 13.2 Å². The number of nitrogens with zero attached hydrogens (tertiary/aromatic N) is 1. The van der Waals surface area contributed by atoms with Crippen molar-refractivity contribution in [3.05, 3.63) is 11.6 Å². The first-order valence-electron chi connectivity index (χ1n) is 4.86. The summed E-state index contributed by atoms with van der Waals surface area (Å²) in [6.45, 7) is 3.81. The molecule has 1 heterocycles. The van der Waals surface area contributed by atoms with Gasteiger partial charge in [0, 0.05) is 20.2 Å². The van der Waals surface area contributed by atoms with Crippen LogP contribution in [0.15, 0.2) is 11.6 Å². The molecule has 14 heavy (non-hydrogen) atoms. The van der Waals surface area contributed by atoms with Crippen LogP contribution in [0.5, 0.6) is 0 Å². The van der Waals surface area contributed by atoms with Gasteiger partial charge < -0.3 is 15.4 Å². The number of hydrogen-bond donors (Lipinski definition) is 1. The lowest BCUT2D eigenvalue weighted by molar-refractivity contribution is -0.131. The summed E-state index contributed by atoms with van der Waals surface area (Å²) in [5.74, 6) is 0.0257. The summed E-state index contributed by atoms with van der Waals surface area (Å²) in [5.41, 5.74) is 6.79. The topological polar surface area (TPSA) is 55.6 Å². The molecule has 0 unspecified atom stereocenters. The molecule has 0 aromatic heterocycles. The summed E-state index contributed by atoms with van der Waals surface area (Å²) in [6.07, 6.45) is 2.94. The average molecular weight is 198 g/mol. The van der Waals surface area contributed by atoms with Gasteiger partial charge in [0.15, 0.2) is 0 Å². The van der Waals surface area contributed by atoms with Crippen molar-refractivity contribution in [3.8, 4) is 0 Å². The molecular formula is C10H18N2O2. The number of ether oxygens (including phenoxy) is 1. The first-order valence-corrected chi connectivity index (χ1v) is 4.86. The van der Waals surface area contributed by atoms with E-state index < -0.39 is 6.04 Å². The van der Waals surface area contributed by atoms with Crippen LogP contribution in [0.2, 0.25) is 0 Å². The van der Waals surface area contributed by atoms with Crippen molar-refractivity contribution in [1.29, 1.82) is 0 Å². The van der Waals surface area contributed by atoms with Crippen LogP contribution in [-0.4, -0.2) is 43.7 Å². The highest BCUT2D eigenvalue weighted by Gasteiger charge is 2.19. The molecule has 0 saturated heterocycles. The van der Waals surface area contributed by atoms with Gasteiger partial charge in [-0.15, -0.1) is 0 Å². The van der Waals surface area contributed by atoms with E-state index in [-0.39, 0.29) is 5.91 Å². The third-order valence-electron chi connectivity index (χ3n) is 2.33. The van der Waals surface area contributed by atoms with Gasteiger partial charge in [0.1, 0.15) is 0 Å². The van der Waals surface area contributed by atoms with Crippen LogP contribution in [-0.2, 0) is 9.53 Å². The number of amides is 1. The number of carbonyl (C=O) groups is 1. The predicted molar refractivity (Wildman–Crippen MR) is 54.8 cm³/mol. The Morgan fingerprint density at radius 1 is 1.79 bits per heavy atom. The van der Waals surface area contributed by atoms with E-state index in [0.717, 1.165) is 13.0 Å². The molecule has 4 heteroatoms. The van der Waals surface area contributed by atoms with Crippen LogP contribution in [0, 0.1) is 0 Å². The minimum absolute atomic E-state index is 0.0257. The third kappa shape index (κ3) is 2.82. The standard InChI is InChI=1S/C10H18N2O2/c1-8(11)10(13)12-5-3-9(4-6-12)7-14-2/h3,8H,4-7,11H2,1-2H3/t8-/m1/s1. The van der Waals surface area contributed by atoms with E-state index in [1.54, 1.807) is 18.9 Å². The average Bonchev–Trinajstić information content (AvgIpc) is 2.18. The third-order valence-corrected chi connectivity index (χ3v) is 2.33. The van der Waals surface area contributed by atoms with Crippen LogP contribution in [0.4, 0.5) is 0 Å². The van der Waals surface area contributed by atoms with Gasteiger partial charge in [0.2, 0.25) is 5.91 Å². The normalized spacial score (nSPS) is 19.1. The molecule has 0 aromatic rings. The summed E-state index contributed by atoms with van der Waals surface area (Å²) in [7, 11) is 1.68. The molecule has 1 rings (SSSR count). The van der Waals surface area contributed by atoms with Crippen molar-refractivity contribution in [1.82, 2.24) is 4.90 Å². The maximum Gasteiger partial charge on any atom is 0.239 e. The van der Waals surface area contributed by atoms with E-state index in [4.69, 9.17) is 10.5 Å². The number of carbonyl (C=O) groups excluding carboxylic acids is 1. The van der Waals surface area contributed by atoms with Crippen LogP contribution in [0.25, 0.3) is 0 Å². The Hall–Kier alpha value is -0.870. The molecule has 0 aliphatic carbocycles. The zero-order valence-corrected chi connectivity index (χ0v) is 8.82. The number of hydrogen-bond acceptors (Lipinski definition) is 3. The van der Waals surface area contributed by atoms with Gasteiger partial charge in [-0.25, -0.2) is 0 Å². The van der Waals surface area contributed by atoms with Crippen molar-refractivity contribution in [2.45, 2.75) is 19.4 Å². The highest BCUT2D eigenvalue weighted by molar-refractivity contribution is 5.81. The first-order chi connectivity index (χ1) is 6.65. The second-order valence-electron chi connectivity index (χ2n) is 3.62. The molecule has 0 saturated carbocycles. The van der Waals surface area contributed by atoms with Crippen molar-refractivity contribution in [2.75, 3.05) is 26.8 Å². The molecule has 1 amide bonds. The lowest BCUT2D eigenvalue weighted by Gasteiger charge is -2.27. The predicted octanol–water partition coefficient (Wildman–Crippen LogP) is 0.139. The molecule has 0 aromatic carbocycles. The molecule has 0 radical (unpaired) electrons. The summed E-state index contributed by atoms with van der Waals surface area (Å²) in [6, 6.07) is -0.396. The fourth-order valence-electron chi connectivity index (χ4n) is 1.52. The van der Waals surface area contributed by atoms with Crippen LogP contribution < -0.4 is 5.73 Å². The van der Waals surface area contributed by atoms with E-state index in [1.807, 2.05) is 6.08 Å². The Morgan fingerprint density at radius 2 is 2.50 bits per heavy atom. The highest BCUT2D eigenvalue weighted by Crippen LogP contribution is 2.11. The number of rotatable bonds is 3. The Labute approximate surface area is 84.7 Å². The summed E-state index contributed by atoms with van der Waals surface area (Å²) >= 11 is 0. The molecule has 80 valence electrons. The van der Waals surface area contributed by atoms with E-state index in [2.05, 4.69) is 0 Å². The Kier molecular flexibility index (Phi) is 4.10. The van der Waals surface area contributed by atoms with E-state index in [1.165, 1.54) is 5.57 Å². The van der Waals surface area contributed by atoms with Gasteiger partial charge in [0.25, 0.3) is 0 Å². The monoisotopic (exact) mass is 198 g/mol. The molecule has 1 aliphatic heterocycles. The van der Waals surface area contributed by atoms with E-state index >= 15 is 0 Å². The zero-order chi connectivity index (χ0) is 10.6. The minimum atomic E-state index is -0.396. The maximum absolute atomic E-state index is 11.5. The Balaban J connectivity index is 2.46. The Bertz CT molecular complexity index is 236. The van der Waals surface area contributed by atoms with Gasteiger partial charge in [-0.2, -0.15) is 0 Å². The highest BCUT2D eigenvalue weighted by atomic mass is 16.5. The summed E-state index contributed by atoms with van der Waals surface area (Å²) < 4.78 is 5.03. The molecule has 1 aliphatic rings. The zero-order valence-electron chi connectivity index (χ0n) is 8.82. The maximum atomic E-state index is 11.5. The largest absolute Gasteiger partial charge is 0.380 e. The molecule has 0 spiro atoms. The quantitative estimate of drug-likeness (QED) is 0.656. The van der Waals surface area contributed by atoms with Gasteiger partial charge in [-0.05, 0) is 18.9 Å². The number of methoxy groups -OCH3 is 1. The van der Waals surface area contributed by atoms with Crippen LogP contribution in [0.3, 0.4) is 0 Å². The fourth-order valence-corrected chi connectivity index (χ4v) is 1.52. The fraction of sp³-hybridized carbons (Fsp3) is 0.700. The lowest BCUT2D eigenvalue weighted by Crippen LogP contribution is -2.44. The van der Waals surface area contributed by atoms with Crippen molar-refractivity contribution < 1.29 is 9.53 Å². The first kappa shape index (κ1) is 11.2. The molecule has 1 atom stereocenters. The second-order valence-corrected chi connectivity index (χ2v) is 3.62. The van der Waals surface area contributed by atoms with Gasteiger partial charge in [-0.1, -0.05) is 6.08 Å². The van der Waals surface area contributed by atoms with Crippen molar-refractivity contribution in [3.63, 3.8) is 0 Å². The Morgan fingerprint density at radius 3 is 2.93 bits per heavy atom. The van der Waals surface area contributed by atoms with Gasteiger partial charge >= 0.3 is 0 Å². The molecule has 2 N–H and O–H groups in total. The molecule has 4 nitrogen and oxygen atoms in total. The van der Waals surface area contributed by atoms with Crippen molar-refractivity contribution in [2.24, 2.45) is 5.73 Å². The smallest absolute Gasteiger partial charge is 0.239 e. The molecule has 0 bridgehead atoms. The SMILES string of the molecule is COCC1=CCN(C(=O)[C@@H](C)N)CC1.